The van der Waals surface area contributed by atoms with Gasteiger partial charge in [-0.3, -0.25) is 0 Å². The second kappa shape index (κ2) is 11.6. The second-order valence-corrected chi connectivity index (χ2v) is 8.33. The van der Waals surface area contributed by atoms with Gasteiger partial charge < -0.3 is 79.9 Å². The first kappa shape index (κ1) is 27.9. The lowest BCUT2D eigenvalue weighted by Gasteiger charge is -2.47. The fraction of sp³-hybridized carbons (Fsp3) is 1.00. The van der Waals surface area contributed by atoms with Crippen molar-refractivity contribution in [2.45, 2.75) is 92.1 Å². The van der Waals surface area contributed by atoms with E-state index in [9.17, 15) is 56.2 Å². The van der Waals surface area contributed by atoms with Crippen molar-refractivity contribution < 1.29 is 79.9 Å². The molecule has 3 fully saturated rings. The van der Waals surface area contributed by atoms with E-state index in [0.29, 0.717) is 0 Å². The Morgan fingerprint density at radius 1 is 0.441 bits per heavy atom. The van der Waals surface area contributed by atoms with Crippen molar-refractivity contribution in [3.63, 3.8) is 0 Å². The van der Waals surface area contributed by atoms with Crippen molar-refractivity contribution in [3.05, 3.63) is 0 Å². The zero-order valence-corrected chi connectivity index (χ0v) is 17.7. The Morgan fingerprint density at radius 3 is 1.35 bits per heavy atom. The van der Waals surface area contributed by atoms with Crippen LogP contribution in [0.5, 0.6) is 0 Å². The summed E-state index contributed by atoms with van der Waals surface area (Å²) in [5, 5.41) is 110. The molecule has 0 spiro atoms. The van der Waals surface area contributed by atoms with Gasteiger partial charge >= 0.3 is 0 Å². The van der Waals surface area contributed by atoms with E-state index in [1.165, 1.54) is 0 Å². The van der Waals surface area contributed by atoms with Gasteiger partial charge in [0.25, 0.3) is 0 Å². The van der Waals surface area contributed by atoms with Gasteiger partial charge in [0.15, 0.2) is 18.9 Å². The summed E-state index contributed by atoms with van der Waals surface area (Å²) in [4.78, 5) is 0. The van der Waals surface area contributed by atoms with Crippen LogP contribution in [0, 0.1) is 0 Å². The molecule has 0 bridgehead atoms. The molecule has 3 rings (SSSR count). The highest BCUT2D eigenvalue weighted by atomic mass is 16.7. The lowest BCUT2D eigenvalue weighted by molar-refractivity contribution is -0.379. The maximum absolute atomic E-state index is 10.7. The van der Waals surface area contributed by atoms with Crippen LogP contribution in [0.3, 0.4) is 0 Å². The maximum Gasteiger partial charge on any atom is 0.187 e. The highest BCUT2D eigenvalue weighted by Crippen LogP contribution is 2.32. The first-order chi connectivity index (χ1) is 16.0. The highest BCUT2D eigenvalue weighted by Gasteiger charge is 2.53. The molecule has 15 atom stereocenters. The molecule has 0 radical (unpaired) electrons. The minimum absolute atomic E-state index is 0.750. The summed E-state index contributed by atoms with van der Waals surface area (Å²) >= 11 is 0. The molecule has 1 unspecified atom stereocenters. The van der Waals surface area contributed by atoms with E-state index < -0.39 is 112 Å². The van der Waals surface area contributed by atoms with Crippen LogP contribution in [-0.2, 0) is 23.7 Å². The summed E-state index contributed by atoms with van der Waals surface area (Å²) in [7, 11) is 0. The largest absolute Gasteiger partial charge is 0.394 e. The van der Waals surface area contributed by atoms with Gasteiger partial charge in [0.2, 0.25) is 0 Å². The number of ether oxygens (including phenoxy) is 5. The maximum atomic E-state index is 10.7. The Kier molecular flexibility index (Phi) is 9.54. The molecule has 0 saturated carbocycles. The van der Waals surface area contributed by atoms with Gasteiger partial charge in [-0.05, 0) is 0 Å². The zero-order chi connectivity index (χ0) is 25.3. The molecule has 3 saturated heterocycles. The molecule has 0 amide bonds. The SMILES string of the molecule is OC[C@H]1O[C@@H](O[C@H]2[C@@H](O)[C@@H](CO)O[C@@H](O[C@H]3[C@@H](O)[C@@H](CO)OC(O)[C@@H]3O)[C@@H]2O)[C@H](O)[C@@H](O)[C@H]1O. The van der Waals surface area contributed by atoms with E-state index in [1.807, 2.05) is 0 Å². The Hall–Kier alpha value is -0.640. The lowest BCUT2D eigenvalue weighted by atomic mass is 9.96. The first-order valence-corrected chi connectivity index (χ1v) is 10.6. The third-order valence-electron chi connectivity index (χ3n) is 6.09. The summed E-state index contributed by atoms with van der Waals surface area (Å²) in [6.45, 7) is -2.33. The molecule has 3 aliphatic heterocycles. The first-order valence-electron chi connectivity index (χ1n) is 10.6. The van der Waals surface area contributed by atoms with E-state index in [0.717, 1.165) is 0 Å². The van der Waals surface area contributed by atoms with Crippen molar-refractivity contribution in [2.24, 2.45) is 0 Å². The number of hydrogen-bond donors (Lipinski definition) is 11. The molecule has 200 valence electrons. The molecule has 0 aromatic carbocycles. The quantitative estimate of drug-likeness (QED) is 0.154. The third-order valence-corrected chi connectivity index (χ3v) is 6.09. The number of aliphatic hydroxyl groups is 11. The Bertz CT molecular complexity index is 639. The summed E-state index contributed by atoms with van der Waals surface area (Å²) in [6.07, 6.45) is -25.5. The molecule has 34 heavy (non-hydrogen) atoms. The van der Waals surface area contributed by atoms with Crippen molar-refractivity contribution in [1.29, 1.82) is 0 Å². The minimum atomic E-state index is -1.92. The van der Waals surface area contributed by atoms with Gasteiger partial charge in [-0.1, -0.05) is 0 Å². The second-order valence-electron chi connectivity index (χ2n) is 8.33. The molecule has 16 heteroatoms. The normalized spacial score (nSPS) is 52.5. The van der Waals surface area contributed by atoms with Crippen LogP contribution >= 0.6 is 0 Å². The van der Waals surface area contributed by atoms with E-state index in [2.05, 4.69) is 0 Å². The van der Waals surface area contributed by atoms with Gasteiger partial charge in [-0.15, -0.1) is 0 Å². The molecule has 0 aromatic heterocycles. The summed E-state index contributed by atoms with van der Waals surface area (Å²) < 4.78 is 26.2. The average Bonchev–Trinajstić information content (AvgIpc) is 2.82. The monoisotopic (exact) mass is 504 g/mol. The van der Waals surface area contributed by atoms with Crippen LogP contribution in [-0.4, -0.2) is 168 Å². The average molecular weight is 504 g/mol. The van der Waals surface area contributed by atoms with E-state index in [-0.39, 0.29) is 0 Å². The lowest BCUT2D eigenvalue weighted by Crippen LogP contribution is -2.66. The van der Waals surface area contributed by atoms with E-state index in [1.54, 1.807) is 0 Å². The molecule has 0 aromatic rings. The molecule has 11 N–H and O–H groups in total. The zero-order valence-electron chi connectivity index (χ0n) is 17.7. The smallest absolute Gasteiger partial charge is 0.187 e. The summed E-state index contributed by atoms with van der Waals surface area (Å²) in [5.74, 6) is 0. The molecular formula is C18H32O16. The fourth-order valence-electron chi connectivity index (χ4n) is 4.04. The molecule has 3 heterocycles. The van der Waals surface area contributed by atoms with E-state index >= 15 is 0 Å². The van der Waals surface area contributed by atoms with Crippen LogP contribution in [0.15, 0.2) is 0 Å². The topological polar surface area (TPSA) is 269 Å². The van der Waals surface area contributed by atoms with Crippen molar-refractivity contribution in [3.8, 4) is 0 Å². The summed E-state index contributed by atoms with van der Waals surface area (Å²) in [5.41, 5.74) is 0. The minimum Gasteiger partial charge on any atom is -0.394 e. The van der Waals surface area contributed by atoms with Crippen molar-refractivity contribution >= 4 is 0 Å². The highest BCUT2D eigenvalue weighted by molar-refractivity contribution is 4.96. The Morgan fingerprint density at radius 2 is 0.853 bits per heavy atom. The van der Waals surface area contributed by atoms with Crippen LogP contribution in [0.2, 0.25) is 0 Å². The molecule has 0 aliphatic carbocycles. The van der Waals surface area contributed by atoms with Gasteiger partial charge in [0.1, 0.15) is 73.2 Å². The number of aliphatic hydroxyl groups excluding tert-OH is 11. The Labute approximate surface area is 192 Å². The van der Waals surface area contributed by atoms with Crippen molar-refractivity contribution in [1.82, 2.24) is 0 Å². The van der Waals surface area contributed by atoms with Gasteiger partial charge in [-0.25, -0.2) is 0 Å². The number of rotatable bonds is 7. The van der Waals surface area contributed by atoms with Crippen LogP contribution in [0.4, 0.5) is 0 Å². The fourth-order valence-corrected chi connectivity index (χ4v) is 4.04. The predicted octanol–water partition coefficient (Wildman–Crippen LogP) is -7.57. The predicted molar refractivity (Wildman–Crippen MR) is 101 cm³/mol. The van der Waals surface area contributed by atoms with Crippen LogP contribution < -0.4 is 0 Å². The van der Waals surface area contributed by atoms with Gasteiger partial charge in [-0.2, -0.15) is 0 Å². The Balaban J connectivity index is 1.78. The number of hydrogen-bond acceptors (Lipinski definition) is 16. The molecule has 16 nitrogen and oxygen atoms in total. The van der Waals surface area contributed by atoms with Gasteiger partial charge in [0, 0.05) is 0 Å². The van der Waals surface area contributed by atoms with Crippen LogP contribution in [0.1, 0.15) is 0 Å². The van der Waals surface area contributed by atoms with Gasteiger partial charge in [0.05, 0.1) is 19.8 Å². The van der Waals surface area contributed by atoms with E-state index in [4.69, 9.17) is 23.7 Å². The summed E-state index contributed by atoms with van der Waals surface area (Å²) in [6, 6.07) is 0. The third kappa shape index (κ3) is 5.37. The standard InChI is InChI=1S/C18H32O16/c19-1-4-7(22)10(25)11(26)17(31-4)34-15-9(24)6(3-21)32-18(13(15)28)33-14-8(23)5(2-20)30-16(29)12(14)27/h4-29H,1-3H2/t4-,5-,6-,7+,8+,9+,10+,11-,12-,13-,14+,15+,16?,17+,18+/m1/s1. The van der Waals surface area contributed by atoms with Crippen molar-refractivity contribution in [2.75, 3.05) is 19.8 Å². The van der Waals surface area contributed by atoms with Crippen LogP contribution in [0.25, 0.3) is 0 Å². The molecule has 3 aliphatic rings. The molecular weight excluding hydrogens is 472 g/mol.